The van der Waals surface area contributed by atoms with E-state index >= 15 is 0 Å². The first kappa shape index (κ1) is 23.3. The second-order valence-corrected chi connectivity index (χ2v) is 6.64. The number of unbranched alkanes of at least 4 members (excludes halogenated alkanes) is 1. The zero-order chi connectivity index (χ0) is 17.3. The Kier molecular flexibility index (Phi) is 10.9. The van der Waals surface area contributed by atoms with Crippen LogP contribution in [0.25, 0.3) is 0 Å². The standard InChI is InChI=1S/C22H26N2O.2ClH/c1-24-14-8-13-21(24)18-25-22-15-20(16-23-17-22)12-7-3-6-11-19-9-4-2-5-10-19;;/h2,4-5,9-10,15-17,21H,3,6,8,11,13-14,18H2,1H3;2*1H/t21-;;/m0../s1. The molecule has 0 bridgehead atoms. The molecule has 2 aromatic rings. The van der Waals surface area contributed by atoms with E-state index in [4.69, 9.17) is 4.74 Å². The zero-order valence-electron chi connectivity index (χ0n) is 15.8. The van der Waals surface area contributed by atoms with E-state index in [1.165, 1.54) is 24.9 Å². The Morgan fingerprint density at radius 1 is 1.19 bits per heavy atom. The van der Waals surface area contributed by atoms with Gasteiger partial charge in [-0.15, -0.1) is 24.8 Å². The van der Waals surface area contributed by atoms with Gasteiger partial charge in [0.2, 0.25) is 0 Å². The number of ether oxygens (including phenoxy) is 1. The molecule has 0 radical (unpaired) electrons. The molecular formula is C22H28Cl2N2O. The van der Waals surface area contributed by atoms with Crippen molar-refractivity contribution in [3.63, 3.8) is 0 Å². The smallest absolute Gasteiger partial charge is 0.138 e. The van der Waals surface area contributed by atoms with Crippen molar-refractivity contribution in [3.05, 3.63) is 59.9 Å². The lowest BCUT2D eigenvalue weighted by Crippen LogP contribution is -2.30. The van der Waals surface area contributed by atoms with Crippen LogP contribution in [0.1, 0.15) is 36.8 Å². The number of benzene rings is 1. The molecule has 0 amide bonds. The first-order valence-corrected chi connectivity index (χ1v) is 9.12. The van der Waals surface area contributed by atoms with Crippen molar-refractivity contribution in [2.24, 2.45) is 0 Å². The van der Waals surface area contributed by atoms with Gasteiger partial charge in [0.1, 0.15) is 12.4 Å². The summed E-state index contributed by atoms with van der Waals surface area (Å²) in [5, 5.41) is 0. The van der Waals surface area contributed by atoms with Gasteiger partial charge in [-0.3, -0.25) is 4.98 Å². The molecule has 3 rings (SSSR count). The third-order valence-electron chi connectivity index (χ3n) is 4.67. The molecule has 0 N–H and O–H groups in total. The summed E-state index contributed by atoms with van der Waals surface area (Å²) in [6.07, 6.45) is 9.10. The average molecular weight is 407 g/mol. The Labute approximate surface area is 175 Å². The number of halogens is 2. The molecule has 5 heteroatoms. The maximum atomic E-state index is 5.91. The lowest BCUT2D eigenvalue weighted by atomic mass is 10.1. The second kappa shape index (κ2) is 12.6. The molecule has 0 unspecified atom stereocenters. The molecule has 1 atom stereocenters. The maximum absolute atomic E-state index is 5.91. The molecule has 0 spiro atoms. The van der Waals surface area contributed by atoms with Gasteiger partial charge >= 0.3 is 0 Å². The van der Waals surface area contributed by atoms with Crippen LogP contribution in [-0.2, 0) is 6.42 Å². The van der Waals surface area contributed by atoms with Crippen molar-refractivity contribution in [2.75, 3.05) is 20.2 Å². The molecular weight excluding hydrogens is 379 g/mol. The summed E-state index contributed by atoms with van der Waals surface area (Å²) in [6, 6.07) is 13.1. The highest BCUT2D eigenvalue weighted by Crippen LogP contribution is 2.17. The number of rotatable bonds is 6. The number of aromatic nitrogens is 1. The van der Waals surface area contributed by atoms with Crippen molar-refractivity contribution in [1.29, 1.82) is 0 Å². The summed E-state index contributed by atoms with van der Waals surface area (Å²) in [6.45, 7) is 1.90. The molecule has 146 valence electrons. The van der Waals surface area contributed by atoms with Gasteiger partial charge in [-0.2, -0.15) is 0 Å². The Morgan fingerprint density at radius 2 is 2.00 bits per heavy atom. The van der Waals surface area contributed by atoms with Crippen LogP contribution in [-0.4, -0.2) is 36.1 Å². The van der Waals surface area contributed by atoms with Gasteiger partial charge in [0.05, 0.1) is 6.20 Å². The number of pyridine rings is 1. The van der Waals surface area contributed by atoms with Gasteiger partial charge in [-0.05, 0) is 50.9 Å². The van der Waals surface area contributed by atoms with Crippen molar-refractivity contribution in [3.8, 4) is 17.6 Å². The highest BCUT2D eigenvalue weighted by atomic mass is 35.5. The summed E-state index contributed by atoms with van der Waals surface area (Å²) in [5.41, 5.74) is 2.30. The van der Waals surface area contributed by atoms with Gasteiger partial charge < -0.3 is 9.64 Å². The molecule has 0 saturated carbocycles. The summed E-state index contributed by atoms with van der Waals surface area (Å²) in [5.74, 6) is 7.27. The van der Waals surface area contributed by atoms with Gasteiger partial charge in [0.25, 0.3) is 0 Å². The highest BCUT2D eigenvalue weighted by Gasteiger charge is 2.21. The quantitative estimate of drug-likeness (QED) is 0.510. The van der Waals surface area contributed by atoms with E-state index in [9.17, 15) is 0 Å². The van der Waals surface area contributed by atoms with E-state index in [2.05, 4.69) is 59.1 Å². The number of likely N-dealkylation sites (tertiary alicyclic amines) is 1. The molecule has 27 heavy (non-hydrogen) atoms. The Bertz CT molecular complexity index is 728. The van der Waals surface area contributed by atoms with Crippen LogP contribution in [0.15, 0.2) is 48.8 Å². The van der Waals surface area contributed by atoms with Crippen molar-refractivity contribution in [1.82, 2.24) is 9.88 Å². The van der Waals surface area contributed by atoms with Gasteiger partial charge in [0.15, 0.2) is 0 Å². The number of hydrogen-bond donors (Lipinski definition) is 0. The first-order chi connectivity index (χ1) is 12.3. The fraction of sp³-hybridized carbons (Fsp3) is 0.409. The van der Waals surface area contributed by atoms with Crippen molar-refractivity contribution >= 4 is 24.8 Å². The van der Waals surface area contributed by atoms with Crippen LogP contribution in [0.5, 0.6) is 5.75 Å². The second-order valence-electron chi connectivity index (χ2n) is 6.64. The number of aryl methyl sites for hydroxylation is 1. The normalized spacial score (nSPS) is 15.8. The van der Waals surface area contributed by atoms with E-state index < -0.39 is 0 Å². The third kappa shape index (κ3) is 7.81. The minimum Gasteiger partial charge on any atom is -0.490 e. The lowest BCUT2D eigenvalue weighted by molar-refractivity contribution is 0.198. The molecule has 2 heterocycles. The fourth-order valence-corrected chi connectivity index (χ4v) is 3.14. The molecule has 1 aromatic heterocycles. The average Bonchev–Trinajstić information content (AvgIpc) is 3.06. The predicted molar refractivity (Wildman–Crippen MR) is 116 cm³/mol. The zero-order valence-corrected chi connectivity index (χ0v) is 17.4. The number of likely N-dealkylation sites (N-methyl/N-ethyl adjacent to an activating group) is 1. The van der Waals surface area contributed by atoms with Gasteiger partial charge in [0, 0.05) is 24.2 Å². The summed E-state index contributed by atoms with van der Waals surface area (Å²) >= 11 is 0. The van der Waals surface area contributed by atoms with Crippen LogP contribution in [0.4, 0.5) is 0 Å². The Balaban J connectivity index is 0.00000182. The van der Waals surface area contributed by atoms with E-state index in [-0.39, 0.29) is 24.8 Å². The van der Waals surface area contributed by atoms with Crippen molar-refractivity contribution < 1.29 is 4.74 Å². The summed E-state index contributed by atoms with van der Waals surface area (Å²) < 4.78 is 5.91. The lowest BCUT2D eigenvalue weighted by Gasteiger charge is -2.19. The molecule has 3 nitrogen and oxygen atoms in total. The van der Waals surface area contributed by atoms with Crippen LogP contribution >= 0.6 is 24.8 Å². The Morgan fingerprint density at radius 3 is 2.74 bits per heavy atom. The maximum Gasteiger partial charge on any atom is 0.138 e. The monoisotopic (exact) mass is 406 g/mol. The highest BCUT2D eigenvalue weighted by molar-refractivity contribution is 5.85. The van der Waals surface area contributed by atoms with Gasteiger partial charge in [-0.25, -0.2) is 0 Å². The summed E-state index contributed by atoms with van der Waals surface area (Å²) in [4.78, 5) is 6.62. The molecule has 0 aliphatic carbocycles. The molecule has 1 aromatic carbocycles. The molecule has 1 aliphatic rings. The largest absolute Gasteiger partial charge is 0.490 e. The van der Waals surface area contributed by atoms with E-state index in [1.807, 2.05) is 6.07 Å². The topological polar surface area (TPSA) is 25.4 Å². The molecule has 1 fully saturated rings. The third-order valence-corrected chi connectivity index (χ3v) is 4.67. The van der Waals surface area contributed by atoms with Crippen LogP contribution in [0.3, 0.4) is 0 Å². The SMILES string of the molecule is CN1CCC[C@H]1COc1cncc(C#CCCCc2ccccc2)c1.Cl.Cl. The van der Waals surface area contributed by atoms with Gasteiger partial charge in [-0.1, -0.05) is 42.2 Å². The molecule has 1 aliphatic heterocycles. The van der Waals surface area contributed by atoms with E-state index in [0.29, 0.717) is 6.04 Å². The van der Waals surface area contributed by atoms with E-state index in [1.54, 1.807) is 12.4 Å². The number of nitrogens with zero attached hydrogens (tertiary/aromatic N) is 2. The fourth-order valence-electron chi connectivity index (χ4n) is 3.14. The minimum absolute atomic E-state index is 0. The van der Waals surface area contributed by atoms with Crippen LogP contribution < -0.4 is 4.74 Å². The van der Waals surface area contributed by atoms with Crippen LogP contribution in [0, 0.1) is 11.8 Å². The predicted octanol–water partition coefficient (Wildman–Crippen LogP) is 4.77. The number of hydrogen-bond acceptors (Lipinski definition) is 3. The van der Waals surface area contributed by atoms with Crippen molar-refractivity contribution in [2.45, 2.75) is 38.1 Å². The first-order valence-electron chi connectivity index (χ1n) is 9.12. The summed E-state index contributed by atoms with van der Waals surface area (Å²) in [7, 11) is 2.16. The Hall–Kier alpha value is -1.73. The van der Waals surface area contributed by atoms with Crippen LogP contribution in [0.2, 0.25) is 0 Å². The molecule has 1 saturated heterocycles. The minimum atomic E-state index is 0. The van der Waals surface area contributed by atoms with E-state index in [0.717, 1.165) is 37.2 Å².